The number of hydrogen-bond donors (Lipinski definition) is 1. The third-order valence-electron chi connectivity index (χ3n) is 7.00. The van der Waals surface area contributed by atoms with E-state index in [2.05, 4.69) is 9.64 Å². The van der Waals surface area contributed by atoms with Crippen molar-refractivity contribution in [1.29, 1.82) is 0 Å². The Bertz CT molecular complexity index is 1310. The fourth-order valence-corrected chi connectivity index (χ4v) is 5.65. The van der Waals surface area contributed by atoms with Crippen LogP contribution in [0.4, 0.5) is 13.2 Å². The summed E-state index contributed by atoms with van der Waals surface area (Å²) in [4.78, 5) is 13.6. The molecule has 2 heterocycles. The fourth-order valence-electron chi connectivity index (χ4n) is 5.09. The highest BCUT2D eigenvalue weighted by atomic mass is 35.5. The van der Waals surface area contributed by atoms with Gasteiger partial charge >= 0.3 is 12.3 Å². The summed E-state index contributed by atoms with van der Waals surface area (Å²) in [6, 6.07) is 8.36. The molecule has 2 atom stereocenters. The van der Waals surface area contributed by atoms with E-state index >= 15 is 0 Å². The SMILES string of the molecule is Cc1cc(OC(F)(F)F)cc2c1cc(Cc1c(Cl)ccc(CN3CC[C@H](C(=O)O)[C@H](C)C3)c1Cl)n2C. The lowest BCUT2D eigenvalue weighted by molar-refractivity contribution is -0.274. The number of piperidine rings is 1. The molecule has 0 unspecified atom stereocenters. The van der Waals surface area contributed by atoms with Gasteiger partial charge in [0.25, 0.3) is 0 Å². The number of hydrogen-bond acceptors (Lipinski definition) is 3. The Morgan fingerprint density at radius 3 is 2.58 bits per heavy atom. The Morgan fingerprint density at radius 2 is 1.94 bits per heavy atom. The molecule has 0 aliphatic carbocycles. The number of nitrogens with zero attached hydrogens (tertiary/aromatic N) is 2. The molecule has 1 N–H and O–H groups in total. The molecule has 5 nitrogen and oxygen atoms in total. The summed E-state index contributed by atoms with van der Waals surface area (Å²) in [6.07, 6.45) is -3.79. The third-order valence-corrected chi connectivity index (χ3v) is 7.82. The highest BCUT2D eigenvalue weighted by Gasteiger charge is 2.32. The quantitative estimate of drug-likeness (QED) is 0.371. The van der Waals surface area contributed by atoms with Crippen LogP contribution in [0.2, 0.25) is 10.0 Å². The Morgan fingerprint density at radius 1 is 1.22 bits per heavy atom. The molecule has 10 heteroatoms. The number of aryl methyl sites for hydroxylation is 2. The number of rotatable bonds is 6. The number of benzene rings is 2. The first-order valence-electron chi connectivity index (χ1n) is 11.6. The van der Waals surface area contributed by atoms with Gasteiger partial charge in [-0.1, -0.05) is 36.2 Å². The molecular formula is C26H27Cl2F3N2O3. The normalized spacial score (nSPS) is 19.1. The predicted octanol–water partition coefficient (Wildman–Crippen LogP) is 6.83. The van der Waals surface area contributed by atoms with E-state index in [1.54, 1.807) is 20.0 Å². The number of aromatic nitrogens is 1. The standard InChI is InChI=1S/C26H27Cl2F3N2O3/c1-14-8-18(36-26(29,30)31)11-23-20(14)9-17(32(23)3)10-21-22(27)5-4-16(24(21)28)13-33-7-6-19(25(34)35)15(2)12-33/h4-5,8-9,11,15,19H,6-7,10,12-13H2,1-3H3,(H,34,35)/t15-,19+/m1/s1. The van der Waals surface area contributed by atoms with Gasteiger partial charge in [0, 0.05) is 48.7 Å². The fraction of sp³-hybridized carbons (Fsp3) is 0.423. The zero-order chi connectivity index (χ0) is 26.4. The number of ether oxygens (including phenoxy) is 1. The van der Waals surface area contributed by atoms with Gasteiger partial charge in [0.05, 0.1) is 16.5 Å². The number of likely N-dealkylation sites (tertiary alicyclic amines) is 1. The maximum atomic E-state index is 12.7. The molecule has 0 amide bonds. The maximum Gasteiger partial charge on any atom is 0.573 e. The molecule has 36 heavy (non-hydrogen) atoms. The van der Waals surface area contributed by atoms with Gasteiger partial charge in [-0.15, -0.1) is 13.2 Å². The smallest absolute Gasteiger partial charge is 0.481 e. The highest BCUT2D eigenvalue weighted by Crippen LogP contribution is 2.35. The zero-order valence-corrected chi connectivity index (χ0v) is 21.6. The number of halogens is 5. The number of fused-ring (bicyclic) bond motifs is 1. The van der Waals surface area contributed by atoms with Gasteiger partial charge in [0.15, 0.2) is 0 Å². The van der Waals surface area contributed by atoms with E-state index in [4.69, 9.17) is 23.2 Å². The monoisotopic (exact) mass is 542 g/mol. The van der Waals surface area contributed by atoms with Crippen LogP contribution in [0.15, 0.2) is 30.3 Å². The number of carboxylic acids is 1. The van der Waals surface area contributed by atoms with E-state index in [1.165, 1.54) is 12.1 Å². The van der Waals surface area contributed by atoms with Gasteiger partial charge in [-0.2, -0.15) is 0 Å². The van der Waals surface area contributed by atoms with Crippen molar-refractivity contribution in [2.24, 2.45) is 18.9 Å². The van der Waals surface area contributed by atoms with Crippen molar-refractivity contribution >= 4 is 40.1 Å². The summed E-state index contributed by atoms with van der Waals surface area (Å²) in [7, 11) is 1.79. The van der Waals surface area contributed by atoms with Gasteiger partial charge < -0.3 is 14.4 Å². The van der Waals surface area contributed by atoms with Gasteiger partial charge in [0.2, 0.25) is 0 Å². The zero-order valence-electron chi connectivity index (χ0n) is 20.1. The minimum Gasteiger partial charge on any atom is -0.481 e. The van der Waals surface area contributed by atoms with E-state index in [1.807, 2.05) is 23.6 Å². The number of carbonyl (C=O) groups is 1. The van der Waals surface area contributed by atoms with Crippen LogP contribution >= 0.6 is 23.2 Å². The van der Waals surface area contributed by atoms with Crippen molar-refractivity contribution in [2.45, 2.75) is 39.6 Å². The van der Waals surface area contributed by atoms with Crippen LogP contribution in [-0.4, -0.2) is 40.0 Å². The first kappa shape index (κ1) is 26.6. The first-order chi connectivity index (χ1) is 16.8. The van der Waals surface area contributed by atoms with Crippen LogP contribution in [0, 0.1) is 18.8 Å². The number of carboxylic acid groups (broad SMARTS) is 1. The molecule has 1 fully saturated rings. The van der Waals surface area contributed by atoms with Crippen LogP contribution in [0.25, 0.3) is 10.9 Å². The molecule has 1 saturated heterocycles. The lowest BCUT2D eigenvalue weighted by atomic mass is 9.87. The van der Waals surface area contributed by atoms with Crippen molar-refractivity contribution in [3.05, 3.63) is 62.8 Å². The van der Waals surface area contributed by atoms with Crippen LogP contribution in [0.5, 0.6) is 5.75 Å². The molecule has 0 spiro atoms. The van der Waals surface area contributed by atoms with Gasteiger partial charge in [0.1, 0.15) is 5.75 Å². The lowest BCUT2D eigenvalue weighted by Gasteiger charge is -2.35. The van der Waals surface area contributed by atoms with Gasteiger partial charge in [-0.25, -0.2) is 0 Å². The second-order valence-electron chi connectivity index (χ2n) is 9.54. The summed E-state index contributed by atoms with van der Waals surface area (Å²) in [5, 5.41) is 11.2. The van der Waals surface area contributed by atoms with Gasteiger partial charge in [-0.05, 0) is 60.7 Å². The van der Waals surface area contributed by atoms with Gasteiger partial charge in [-0.3, -0.25) is 9.69 Å². The molecule has 1 aliphatic heterocycles. The summed E-state index contributed by atoms with van der Waals surface area (Å²) in [5.41, 5.74) is 3.75. The second-order valence-corrected chi connectivity index (χ2v) is 10.3. The summed E-state index contributed by atoms with van der Waals surface area (Å²) >= 11 is 13.4. The van der Waals surface area contributed by atoms with Crippen LogP contribution in [-0.2, 0) is 24.8 Å². The Balaban J connectivity index is 1.60. The molecule has 0 saturated carbocycles. The first-order valence-corrected chi connectivity index (χ1v) is 12.3. The predicted molar refractivity (Wildman–Crippen MR) is 134 cm³/mol. The molecule has 2 aromatic carbocycles. The van der Waals surface area contributed by atoms with E-state index in [0.29, 0.717) is 53.6 Å². The van der Waals surface area contributed by atoms with E-state index < -0.39 is 12.3 Å². The minimum atomic E-state index is -4.77. The van der Waals surface area contributed by atoms with Crippen molar-refractivity contribution in [1.82, 2.24) is 9.47 Å². The maximum absolute atomic E-state index is 12.7. The summed E-state index contributed by atoms with van der Waals surface area (Å²) < 4.78 is 44.2. The Hall–Kier alpha value is -2.42. The molecule has 194 valence electrons. The van der Waals surface area contributed by atoms with E-state index in [0.717, 1.165) is 22.2 Å². The van der Waals surface area contributed by atoms with Crippen molar-refractivity contribution in [3.63, 3.8) is 0 Å². The lowest BCUT2D eigenvalue weighted by Crippen LogP contribution is -2.41. The second kappa shape index (κ2) is 10.1. The molecule has 0 bridgehead atoms. The molecule has 1 aromatic heterocycles. The van der Waals surface area contributed by atoms with Crippen molar-refractivity contribution in [2.75, 3.05) is 13.1 Å². The third kappa shape index (κ3) is 5.61. The molecule has 4 rings (SSSR count). The molecular weight excluding hydrogens is 516 g/mol. The molecule has 3 aromatic rings. The summed E-state index contributed by atoms with van der Waals surface area (Å²) in [6.45, 7) is 5.60. The molecule has 1 aliphatic rings. The topological polar surface area (TPSA) is 54.7 Å². The summed E-state index contributed by atoms with van der Waals surface area (Å²) in [5.74, 6) is -1.32. The Kier molecular flexibility index (Phi) is 7.51. The van der Waals surface area contributed by atoms with Crippen LogP contribution in [0.3, 0.4) is 0 Å². The van der Waals surface area contributed by atoms with Crippen molar-refractivity contribution in [3.8, 4) is 5.75 Å². The number of alkyl halides is 3. The average molecular weight is 543 g/mol. The number of aliphatic carboxylic acids is 1. The molecule has 0 radical (unpaired) electrons. The highest BCUT2D eigenvalue weighted by molar-refractivity contribution is 6.36. The largest absolute Gasteiger partial charge is 0.573 e. The average Bonchev–Trinajstić information content (AvgIpc) is 3.08. The minimum absolute atomic E-state index is 0.0343. The van der Waals surface area contributed by atoms with Crippen LogP contribution < -0.4 is 4.74 Å². The van der Waals surface area contributed by atoms with Crippen molar-refractivity contribution < 1.29 is 27.8 Å². The van der Waals surface area contributed by atoms with E-state index in [-0.39, 0.29) is 17.6 Å². The van der Waals surface area contributed by atoms with Crippen LogP contribution in [0.1, 0.15) is 35.7 Å². The Labute approximate surface area is 217 Å². The van der Waals surface area contributed by atoms with E-state index in [9.17, 15) is 23.1 Å².